The Labute approximate surface area is 98.8 Å². The molecule has 2 unspecified atom stereocenters. The zero-order valence-corrected chi connectivity index (χ0v) is 10.2. The summed E-state index contributed by atoms with van der Waals surface area (Å²) in [5.41, 5.74) is -0.648. The summed E-state index contributed by atoms with van der Waals surface area (Å²) in [4.78, 5) is 0. The van der Waals surface area contributed by atoms with Gasteiger partial charge in [-0.3, -0.25) is 0 Å². The molecule has 4 heteroatoms. The SMILES string of the molecule is COc1ccc(C2(O)CSC(C)C2)c(F)c1. The van der Waals surface area contributed by atoms with Gasteiger partial charge in [-0.15, -0.1) is 0 Å². The third-order valence-corrected chi connectivity index (χ3v) is 4.29. The van der Waals surface area contributed by atoms with E-state index in [0.29, 0.717) is 28.7 Å². The quantitative estimate of drug-likeness (QED) is 0.864. The van der Waals surface area contributed by atoms with Crippen LogP contribution in [-0.2, 0) is 5.60 Å². The predicted molar refractivity (Wildman–Crippen MR) is 63.4 cm³/mol. The van der Waals surface area contributed by atoms with E-state index in [4.69, 9.17) is 4.74 Å². The smallest absolute Gasteiger partial charge is 0.133 e. The third-order valence-electron chi connectivity index (χ3n) is 2.91. The van der Waals surface area contributed by atoms with E-state index in [-0.39, 0.29) is 0 Å². The Morgan fingerprint density at radius 2 is 2.31 bits per heavy atom. The Bertz CT molecular complexity index is 397. The first-order valence-electron chi connectivity index (χ1n) is 5.23. The molecular formula is C12H15FO2S. The van der Waals surface area contributed by atoms with Gasteiger partial charge >= 0.3 is 0 Å². The van der Waals surface area contributed by atoms with Crippen LogP contribution in [0.25, 0.3) is 0 Å². The van der Waals surface area contributed by atoms with Gasteiger partial charge in [-0.1, -0.05) is 6.92 Å². The molecule has 1 N–H and O–H groups in total. The second-order valence-electron chi connectivity index (χ2n) is 4.20. The third kappa shape index (κ3) is 2.04. The molecule has 0 radical (unpaired) electrons. The van der Waals surface area contributed by atoms with E-state index < -0.39 is 11.4 Å². The number of rotatable bonds is 2. The molecule has 1 aromatic carbocycles. The molecule has 1 aliphatic heterocycles. The summed E-state index contributed by atoms with van der Waals surface area (Å²) >= 11 is 1.67. The molecule has 0 spiro atoms. The number of benzene rings is 1. The molecular weight excluding hydrogens is 227 g/mol. The molecule has 16 heavy (non-hydrogen) atoms. The van der Waals surface area contributed by atoms with Gasteiger partial charge in [-0.05, 0) is 18.6 Å². The number of ether oxygens (including phenoxy) is 1. The van der Waals surface area contributed by atoms with Gasteiger partial charge in [0.25, 0.3) is 0 Å². The van der Waals surface area contributed by atoms with Crippen molar-refractivity contribution in [2.45, 2.75) is 24.2 Å². The first-order valence-corrected chi connectivity index (χ1v) is 6.28. The number of aliphatic hydroxyl groups is 1. The Morgan fingerprint density at radius 3 is 2.81 bits per heavy atom. The fourth-order valence-electron chi connectivity index (χ4n) is 2.06. The lowest BCUT2D eigenvalue weighted by molar-refractivity contribution is 0.0573. The van der Waals surface area contributed by atoms with Crippen molar-refractivity contribution in [1.82, 2.24) is 0 Å². The highest BCUT2D eigenvalue weighted by atomic mass is 32.2. The summed E-state index contributed by atoms with van der Waals surface area (Å²) in [6.45, 7) is 2.05. The van der Waals surface area contributed by atoms with Crippen LogP contribution in [0.5, 0.6) is 5.75 Å². The highest BCUT2D eigenvalue weighted by Crippen LogP contribution is 2.42. The van der Waals surface area contributed by atoms with Gasteiger partial charge in [0, 0.05) is 22.6 Å². The minimum Gasteiger partial charge on any atom is -0.497 e. The average molecular weight is 242 g/mol. The molecule has 1 fully saturated rings. The molecule has 2 nitrogen and oxygen atoms in total. The fraction of sp³-hybridized carbons (Fsp3) is 0.500. The molecule has 1 heterocycles. The van der Waals surface area contributed by atoms with Gasteiger partial charge < -0.3 is 9.84 Å². The van der Waals surface area contributed by atoms with Crippen LogP contribution in [0.3, 0.4) is 0 Å². The van der Waals surface area contributed by atoms with Crippen molar-refractivity contribution in [3.63, 3.8) is 0 Å². The van der Waals surface area contributed by atoms with Gasteiger partial charge in [0.15, 0.2) is 0 Å². The second kappa shape index (κ2) is 4.26. The lowest BCUT2D eigenvalue weighted by Crippen LogP contribution is -2.26. The first kappa shape index (κ1) is 11.7. The van der Waals surface area contributed by atoms with Gasteiger partial charge in [0.1, 0.15) is 17.2 Å². The molecule has 0 saturated carbocycles. The molecule has 1 aromatic rings. The van der Waals surface area contributed by atoms with Gasteiger partial charge in [0.2, 0.25) is 0 Å². The summed E-state index contributed by atoms with van der Waals surface area (Å²) in [5, 5.41) is 10.7. The Morgan fingerprint density at radius 1 is 1.56 bits per heavy atom. The standard InChI is InChI=1S/C12H15FO2S/c1-8-6-12(14,7-16-8)10-4-3-9(15-2)5-11(10)13/h3-5,8,14H,6-7H2,1-2H3. The van der Waals surface area contributed by atoms with Crippen molar-refractivity contribution in [3.8, 4) is 5.75 Å². The van der Waals surface area contributed by atoms with Crippen LogP contribution in [0, 0.1) is 5.82 Å². The maximum Gasteiger partial charge on any atom is 0.133 e. The molecule has 0 amide bonds. The van der Waals surface area contributed by atoms with Crippen molar-refractivity contribution < 1.29 is 14.2 Å². The molecule has 0 aromatic heterocycles. The van der Waals surface area contributed by atoms with E-state index in [1.54, 1.807) is 23.9 Å². The van der Waals surface area contributed by atoms with Gasteiger partial charge in [-0.25, -0.2) is 4.39 Å². The maximum atomic E-state index is 13.8. The minimum atomic E-state index is -1.03. The summed E-state index contributed by atoms with van der Waals surface area (Å²) < 4.78 is 18.8. The zero-order chi connectivity index (χ0) is 11.8. The van der Waals surface area contributed by atoms with E-state index in [1.165, 1.54) is 13.2 Å². The van der Waals surface area contributed by atoms with Crippen molar-refractivity contribution in [1.29, 1.82) is 0 Å². The number of hydrogen-bond donors (Lipinski definition) is 1. The van der Waals surface area contributed by atoms with Crippen LogP contribution in [0.4, 0.5) is 4.39 Å². The summed E-state index contributed by atoms with van der Waals surface area (Å²) in [6, 6.07) is 4.62. The highest BCUT2D eigenvalue weighted by molar-refractivity contribution is 8.00. The van der Waals surface area contributed by atoms with Crippen LogP contribution in [0.2, 0.25) is 0 Å². The molecule has 88 valence electrons. The second-order valence-corrected chi connectivity index (χ2v) is 5.63. The van der Waals surface area contributed by atoms with Crippen molar-refractivity contribution >= 4 is 11.8 Å². The predicted octanol–water partition coefficient (Wildman–Crippen LogP) is 2.55. The van der Waals surface area contributed by atoms with E-state index in [1.807, 2.05) is 6.92 Å². The van der Waals surface area contributed by atoms with Crippen LogP contribution in [0.15, 0.2) is 18.2 Å². The molecule has 1 saturated heterocycles. The van der Waals surface area contributed by atoms with Crippen LogP contribution in [-0.4, -0.2) is 23.2 Å². The summed E-state index contributed by atoms with van der Waals surface area (Å²) in [5.74, 6) is 0.636. The van der Waals surface area contributed by atoms with Gasteiger partial charge in [-0.2, -0.15) is 11.8 Å². The van der Waals surface area contributed by atoms with Crippen molar-refractivity contribution in [2.24, 2.45) is 0 Å². The Hall–Kier alpha value is -0.740. The number of halogens is 1. The highest BCUT2D eigenvalue weighted by Gasteiger charge is 2.39. The Kier molecular flexibility index (Phi) is 3.13. The van der Waals surface area contributed by atoms with E-state index in [9.17, 15) is 9.50 Å². The average Bonchev–Trinajstić information content (AvgIpc) is 2.59. The lowest BCUT2D eigenvalue weighted by atomic mass is 9.91. The zero-order valence-electron chi connectivity index (χ0n) is 9.37. The Balaban J connectivity index is 2.33. The topological polar surface area (TPSA) is 29.5 Å². The molecule has 0 bridgehead atoms. The van der Waals surface area contributed by atoms with Crippen LogP contribution < -0.4 is 4.74 Å². The lowest BCUT2D eigenvalue weighted by Gasteiger charge is -2.23. The summed E-state index contributed by atoms with van der Waals surface area (Å²) in [7, 11) is 1.50. The minimum absolute atomic E-state index is 0.367. The normalized spacial score (nSPS) is 29.4. The largest absolute Gasteiger partial charge is 0.497 e. The number of hydrogen-bond acceptors (Lipinski definition) is 3. The van der Waals surface area contributed by atoms with Crippen LogP contribution >= 0.6 is 11.8 Å². The van der Waals surface area contributed by atoms with E-state index >= 15 is 0 Å². The van der Waals surface area contributed by atoms with Crippen molar-refractivity contribution in [2.75, 3.05) is 12.9 Å². The maximum absolute atomic E-state index is 13.8. The first-order chi connectivity index (χ1) is 7.55. The van der Waals surface area contributed by atoms with Crippen LogP contribution in [0.1, 0.15) is 18.9 Å². The fourth-order valence-corrected chi connectivity index (χ4v) is 3.29. The monoisotopic (exact) mass is 242 g/mol. The van der Waals surface area contributed by atoms with E-state index in [2.05, 4.69) is 0 Å². The van der Waals surface area contributed by atoms with Crippen molar-refractivity contribution in [3.05, 3.63) is 29.6 Å². The molecule has 1 aliphatic rings. The number of thioether (sulfide) groups is 1. The molecule has 0 aliphatic carbocycles. The summed E-state index contributed by atoms with van der Waals surface area (Å²) in [6.07, 6.45) is 0.598. The molecule has 2 atom stereocenters. The van der Waals surface area contributed by atoms with E-state index in [0.717, 1.165) is 0 Å². The number of methoxy groups -OCH3 is 1. The molecule has 2 rings (SSSR count). The van der Waals surface area contributed by atoms with Gasteiger partial charge in [0.05, 0.1) is 7.11 Å².